The highest BCUT2D eigenvalue weighted by Crippen LogP contribution is 2.39. The van der Waals surface area contributed by atoms with E-state index >= 15 is 0 Å². The lowest BCUT2D eigenvalue weighted by molar-refractivity contribution is 0.0792. The number of fused-ring (bicyclic) bond motifs is 2. The number of halogens is 2. The Morgan fingerprint density at radius 3 is 2.63 bits per heavy atom. The van der Waals surface area contributed by atoms with E-state index in [0.29, 0.717) is 10.0 Å². The van der Waals surface area contributed by atoms with E-state index in [-0.39, 0.29) is 0 Å². The molecule has 0 aliphatic heterocycles. The van der Waals surface area contributed by atoms with E-state index in [4.69, 9.17) is 23.2 Å². The lowest BCUT2D eigenvalue weighted by atomic mass is 9.89. The third kappa shape index (κ3) is 2.12. The van der Waals surface area contributed by atoms with Crippen molar-refractivity contribution < 1.29 is 5.11 Å². The monoisotopic (exact) mass is 295 g/mol. The number of aliphatic hydroxyl groups is 1. The van der Waals surface area contributed by atoms with Gasteiger partial charge in [-0.2, -0.15) is 0 Å². The maximum atomic E-state index is 10.5. The summed E-state index contributed by atoms with van der Waals surface area (Å²) in [5.74, 6) is 0. The first-order valence-electron chi connectivity index (χ1n) is 6.41. The van der Waals surface area contributed by atoms with Crippen molar-refractivity contribution >= 4 is 34.1 Å². The first-order valence-corrected chi connectivity index (χ1v) is 7.17. The second-order valence-electron chi connectivity index (χ2n) is 5.61. The smallest absolute Gasteiger partial charge is 0.0896 e. The van der Waals surface area contributed by atoms with Crippen molar-refractivity contribution in [1.29, 1.82) is 0 Å². The molecule has 0 spiro atoms. The largest absolute Gasteiger partial charge is 0.386 e. The molecule has 0 atom stereocenters. The van der Waals surface area contributed by atoms with E-state index in [1.165, 1.54) is 5.56 Å². The number of nitrogens with zero attached hydrogens (tertiary/aromatic N) is 1. The summed E-state index contributed by atoms with van der Waals surface area (Å²) in [6, 6.07) is 3.55. The fourth-order valence-electron chi connectivity index (χ4n) is 2.99. The minimum absolute atomic E-state index is 0.544. The van der Waals surface area contributed by atoms with Crippen LogP contribution in [0.4, 0.5) is 0 Å². The molecule has 2 aromatic rings. The van der Waals surface area contributed by atoms with Gasteiger partial charge in [0, 0.05) is 16.1 Å². The summed E-state index contributed by atoms with van der Waals surface area (Å²) in [4.78, 5) is 4.67. The average molecular weight is 296 g/mol. The first kappa shape index (κ1) is 13.2. The summed E-state index contributed by atoms with van der Waals surface area (Å²) in [5, 5.41) is 12.5. The SMILES string of the molecule is CC(C)(O)c1c2c(nc3c(Cl)cc(Cl)cc13)CCC2. The summed E-state index contributed by atoms with van der Waals surface area (Å²) < 4.78 is 0. The first-order chi connectivity index (χ1) is 8.88. The zero-order valence-electron chi connectivity index (χ0n) is 10.9. The van der Waals surface area contributed by atoms with Crippen LogP contribution in [0, 0.1) is 0 Å². The number of aryl methyl sites for hydroxylation is 1. The van der Waals surface area contributed by atoms with Gasteiger partial charge in [-0.25, -0.2) is 0 Å². The molecule has 100 valence electrons. The number of aromatic nitrogens is 1. The zero-order valence-corrected chi connectivity index (χ0v) is 12.4. The highest BCUT2D eigenvalue weighted by atomic mass is 35.5. The van der Waals surface area contributed by atoms with Crippen LogP contribution in [0.2, 0.25) is 10.0 Å². The fourth-order valence-corrected chi connectivity index (χ4v) is 3.52. The third-order valence-corrected chi connectivity index (χ3v) is 4.15. The molecule has 1 aliphatic carbocycles. The molecule has 1 aliphatic rings. The minimum Gasteiger partial charge on any atom is -0.386 e. The summed E-state index contributed by atoms with van der Waals surface area (Å²) in [5.41, 5.74) is 2.97. The molecule has 0 radical (unpaired) electrons. The van der Waals surface area contributed by atoms with Crippen LogP contribution < -0.4 is 0 Å². The van der Waals surface area contributed by atoms with Crippen LogP contribution in [0.3, 0.4) is 0 Å². The molecule has 0 amide bonds. The van der Waals surface area contributed by atoms with Crippen LogP contribution in [0.25, 0.3) is 10.9 Å². The quantitative estimate of drug-likeness (QED) is 0.853. The van der Waals surface area contributed by atoms with Gasteiger partial charge in [-0.1, -0.05) is 23.2 Å². The van der Waals surface area contributed by atoms with Gasteiger partial charge >= 0.3 is 0 Å². The molecule has 0 unspecified atom stereocenters. The number of hydrogen-bond acceptors (Lipinski definition) is 2. The van der Waals surface area contributed by atoms with Crippen LogP contribution in [0.15, 0.2) is 12.1 Å². The molecule has 2 nitrogen and oxygen atoms in total. The molecule has 0 saturated carbocycles. The Morgan fingerprint density at radius 2 is 1.95 bits per heavy atom. The summed E-state index contributed by atoms with van der Waals surface area (Å²) in [6.07, 6.45) is 2.99. The zero-order chi connectivity index (χ0) is 13.8. The maximum absolute atomic E-state index is 10.5. The van der Waals surface area contributed by atoms with Crippen LogP contribution >= 0.6 is 23.2 Å². The molecule has 0 fully saturated rings. The van der Waals surface area contributed by atoms with Gasteiger partial charge in [0.05, 0.1) is 16.1 Å². The highest BCUT2D eigenvalue weighted by Gasteiger charge is 2.29. The standard InChI is InChI=1S/C15H15Cl2NO/c1-15(2,19)13-9-4-3-5-12(9)18-14-10(13)6-8(16)7-11(14)17/h6-7,19H,3-5H2,1-2H3. The van der Waals surface area contributed by atoms with Crippen molar-refractivity contribution in [1.82, 2.24) is 4.98 Å². The lowest BCUT2D eigenvalue weighted by Crippen LogP contribution is -2.19. The van der Waals surface area contributed by atoms with Crippen molar-refractivity contribution in [3.63, 3.8) is 0 Å². The molecule has 0 saturated heterocycles. The molecule has 3 rings (SSSR count). The molecule has 19 heavy (non-hydrogen) atoms. The molecule has 1 aromatic heterocycles. The fraction of sp³-hybridized carbons (Fsp3) is 0.400. The van der Waals surface area contributed by atoms with Crippen molar-refractivity contribution in [3.05, 3.63) is 39.0 Å². The Labute approximate surface area is 122 Å². The maximum Gasteiger partial charge on any atom is 0.0896 e. The minimum atomic E-state index is -0.927. The van der Waals surface area contributed by atoms with Crippen LogP contribution in [-0.4, -0.2) is 10.1 Å². The van der Waals surface area contributed by atoms with E-state index < -0.39 is 5.60 Å². The van der Waals surface area contributed by atoms with Gasteiger partial charge in [-0.05, 0) is 56.4 Å². The lowest BCUT2D eigenvalue weighted by Gasteiger charge is -2.24. The van der Waals surface area contributed by atoms with E-state index in [1.807, 2.05) is 6.07 Å². The molecular weight excluding hydrogens is 281 g/mol. The van der Waals surface area contributed by atoms with Crippen LogP contribution in [0.1, 0.15) is 37.1 Å². The van der Waals surface area contributed by atoms with E-state index in [9.17, 15) is 5.11 Å². The normalized spacial score (nSPS) is 15.0. The number of benzene rings is 1. The number of hydrogen-bond donors (Lipinski definition) is 1. The van der Waals surface area contributed by atoms with Crippen molar-refractivity contribution in [2.45, 2.75) is 38.7 Å². The van der Waals surface area contributed by atoms with Gasteiger partial charge in [0.25, 0.3) is 0 Å². The van der Waals surface area contributed by atoms with Crippen molar-refractivity contribution in [2.24, 2.45) is 0 Å². The van der Waals surface area contributed by atoms with Crippen molar-refractivity contribution in [3.8, 4) is 0 Å². The predicted molar refractivity (Wildman–Crippen MR) is 79.0 cm³/mol. The Bertz CT molecular complexity index is 674. The van der Waals surface area contributed by atoms with E-state index in [0.717, 1.165) is 41.4 Å². The van der Waals surface area contributed by atoms with E-state index in [2.05, 4.69) is 4.98 Å². The second kappa shape index (κ2) is 4.34. The summed E-state index contributed by atoms with van der Waals surface area (Å²) >= 11 is 12.4. The van der Waals surface area contributed by atoms with E-state index in [1.54, 1.807) is 19.9 Å². The van der Waals surface area contributed by atoms with Gasteiger partial charge in [-0.3, -0.25) is 4.98 Å². The molecular formula is C15H15Cl2NO. The highest BCUT2D eigenvalue weighted by molar-refractivity contribution is 6.38. The third-order valence-electron chi connectivity index (χ3n) is 3.65. The van der Waals surface area contributed by atoms with Crippen LogP contribution in [-0.2, 0) is 18.4 Å². The average Bonchev–Trinajstić information content (AvgIpc) is 2.71. The van der Waals surface area contributed by atoms with Gasteiger partial charge in [0.1, 0.15) is 0 Å². The molecule has 4 heteroatoms. The van der Waals surface area contributed by atoms with Gasteiger partial charge < -0.3 is 5.11 Å². The Morgan fingerprint density at radius 1 is 1.21 bits per heavy atom. The molecule has 1 N–H and O–H groups in total. The molecule has 1 heterocycles. The molecule has 0 bridgehead atoms. The number of rotatable bonds is 1. The van der Waals surface area contributed by atoms with Gasteiger partial charge in [-0.15, -0.1) is 0 Å². The second-order valence-corrected chi connectivity index (χ2v) is 6.45. The van der Waals surface area contributed by atoms with Gasteiger partial charge in [0.2, 0.25) is 0 Å². The number of pyridine rings is 1. The topological polar surface area (TPSA) is 33.1 Å². The molecule has 1 aromatic carbocycles. The van der Waals surface area contributed by atoms with Crippen LogP contribution in [0.5, 0.6) is 0 Å². The summed E-state index contributed by atoms with van der Waals surface area (Å²) in [6.45, 7) is 3.60. The Balaban J connectivity index is 2.49. The Kier molecular flexibility index (Phi) is 3.01. The Hall–Kier alpha value is -0.830. The summed E-state index contributed by atoms with van der Waals surface area (Å²) in [7, 11) is 0. The van der Waals surface area contributed by atoms with Gasteiger partial charge in [0.15, 0.2) is 0 Å². The van der Waals surface area contributed by atoms with Crippen molar-refractivity contribution in [2.75, 3.05) is 0 Å². The predicted octanol–water partition coefficient (Wildman–Crippen LogP) is 4.26.